The summed E-state index contributed by atoms with van der Waals surface area (Å²) in [7, 11) is 0. The van der Waals surface area contributed by atoms with Crippen molar-refractivity contribution in [2.45, 2.75) is 0 Å². The van der Waals surface area contributed by atoms with Crippen molar-refractivity contribution in [3.63, 3.8) is 0 Å². The third kappa shape index (κ3) is 4.61. The molecule has 0 spiro atoms. The van der Waals surface area contributed by atoms with Crippen molar-refractivity contribution in [3.05, 3.63) is 133 Å². The lowest BCUT2D eigenvalue weighted by Gasteiger charge is -2.23. The Kier molecular flexibility index (Phi) is 6.97. The maximum atomic E-state index is 11.8. The molecule has 9 heteroatoms. The molecule has 0 amide bonds. The van der Waals surface area contributed by atoms with E-state index in [2.05, 4.69) is 12.1 Å². The molecule has 0 radical (unpaired) electrons. The second-order valence-electron chi connectivity index (χ2n) is 14.8. The highest BCUT2D eigenvalue weighted by Crippen LogP contribution is 2.62. The number of benzene rings is 10. The summed E-state index contributed by atoms with van der Waals surface area (Å²) in [5.41, 5.74) is 3.81. The molecule has 284 valence electrons. The SMILES string of the molecule is Oc1c(O)c(O)c2c(-c3cccc4cc(-c5cccc6c5oc5ccc7ccccc7c56)ccc34)c3c(O)c(O)c(O)c(O)c3c(-c3ccc4ccccc4c3)c2c1O. The third-order valence-corrected chi connectivity index (χ3v) is 11.7. The van der Waals surface area contributed by atoms with Crippen LogP contribution in [0.4, 0.5) is 0 Å². The molecule has 9 nitrogen and oxygen atoms in total. The first-order valence-corrected chi connectivity index (χ1v) is 18.7. The number of furan rings is 1. The number of para-hydroxylation sites is 1. The molecule has 11 rings (SSSR count). The van der Waals surface area contributed by atoms with Gasteiger partial charge in [-0.05, 0) is 67.2 Å². The number of phenols is 8. The minimum atomic E-state index is -1.03. The standard InChI is InChI=1S/C50H30O9/c51-42-38-35(28-16-15-23-7-1-2-9-25(23)21-28)39-41(45(54)49(58)47(56)43(39)52)37(40(38)44(53)48(57)46(42)55)32-13-5-10-26-22-27(17-19-29(26)32)31-12-6-14-33-36-30-11-4-3-8-24(30)18-20-34(36)59-50(31)33/h1-22,51-58H. The van der Waals surface area contributed by atoms with Gasteiger partial charge in [-0.2, -0.15) is 0 Å². The predicted octanol–water partition coefficient (Wildman–Crippen LogP) is 12.0. The van der Waals surface area contributed by atoms with Crippen LogP contribution in [0.5, 0.6) is 46.0 Å². The molecule has 59 heavy (non-hydrogen) atoms. The first-order valence-electron chi connectivity index (χ1n) is 18.7. The third-order valence-electron chi connectivity index (χ3n) is 11.7. The van der Waals surface area contributed by atoms with Crippen LogP contribution in [0.15, 0.2) is 138 Å². The van der Waals surface area contributed by atoms with Gasteiger partial charge in [0.1, 0.15) is 11.2 Å². The van der Waals surface area contributed by atoms with Crippen molar-refractivity contribution >= 4 is 75.8 Å². The molecule has 0 aliphatic carbocycles. The summed E-state index contributed by atoms with van der Waals surface area (Å²) in [6.45, 7) is 0. The zero-order valence-electron chi connectivity index (χ0n) is 30.7. The van der Waals surface area contributed by atoms with Gasteiger partial charge in [0.2, 0.25) is 23.0 Å². The lowest BCUT2D eigenvalue weighted by atomic mass is 9.82. The molecule has 8 N–H and O–H groups in total. The maximum absolute atomic E-state index is 11.8. The number of hydrogen-bond donors (Lipinski definition) is 8. The fraction of sp³-hybridized carbons (Fsp3) is 0. The summed E-state index contributed by atoms with van der Waals surface area (Å²) in [6.07, 6.45) is 0. The molecular weight excluding hydrogens is 745 g/mol. The van der Waals surface area contributed by atoms with Crippen molar-refractivity contribution in [1.29, 1.82) is 0 Å². The molecule has 0 aliphatic rings. The van der Waals surface area contributed by atoms with E-state index in [1.807, 2.05) is 91.0 Å². The fourth-order valence-corrected chi connectivity index (χ4v) is 8.99. The van der Waals surface area contributed by atoms with Crippen LogP contribution in [-0.2, 0) is 0 Å². The van der Waals surface area contributed by atoms with E-state index in [4.69, 9.17) is 4.42 Å². The van der Waals surface area contributed by atoms with Gasteiger partial charge in [-0.25, -0.2) is 0 Å². The molecule has 1 aromatic heterocycles. The van der Waals surface area contributed by atoms with Crippen LogP contribution in [0, 0.1) is 0 Å². The lowest BCUT2D eigenvalue weighted by Crippen LogP contribution is -1.95. The largest absolute Gasteiger partial charge is 0.504 e. The Bertz CT molecular complexity index is 3580. The van der Waals surface area contributed by atoms with Gasteiger partial charge in [-0.3, -0.25) is 0 Å². The minimum absolute atomic E-state index is 0.00932. The highest BCUT2D eigenvalue weighted by atomic mass is 16.4. The van der Waals surface area contributed by atoms with E-state index in [1.165, 1.54) is 0 Å². The van der Waals surface area contributed by atoms with Gasteiger partial charge < -0.3 is 45.3 Å². The second kappa shape index (κ2) is 12.1. The Morgan fingerprint density at radius 1 is 0.305 bits per heavy atom. The van der Waals surface area contributed by atoms with Crippen molar-refractivity contribution in [3.8, 4) is 79.4 Å². The van der Waals surface area contributed by atoms with Gasteiger partial charge in [-0.15, -0.1) is 0 Å². The molecule has 0 unspecified atom stereocenters. The molecule has 0 fully saturated rings. The normalized spacial score (nSPS) is 11.9. The van der Waals surface area contributed by atoms with Crippen molar-refractivity contribution in [1.82, 2.24) is 0 Å². The average Bonchev–Trinajstić information content (AvgIpc) is 3.67. The van der Waals surface area contributed by atoms with Crippen LogP contribution < -0.4 is 0 Å². The predicted molar refractivity (Wildman–Crippen MR) is 231 cm³/mol. The van der Waals surface area contributed by atoms with Crippen LogP contribution in [0.25, 0.3) is 109 Å². The summed E-state index contributed by atoms with van der Waals surface area (Å²) in [6, 6.07) is 41.9. The smallest absolute Gasteiger partial charge is 0.204 e. The van der Waals surface area contributed by atoms with E-state index in [0.717, 1.165) is 49.0 Å². The second-order valence-corrected chi connectivity index (χ2v) is 14.8. The van der Waals surface area contributed by atoms with E-state index in [0.29, 0.717) is 27.5 Å². The molecule has 1 heterocycles. The van der Waals surface area contributed by atoms with Crippen molar-refractivity contribution < 1.29 is 45.3 Å². The molecule has 0 saturated heterocycles. The first kappa shape index (κ1) is 34.0. The summed E-state index contributed by atoms with van der Waals surface area (Å²) in [5.74, 6) is -7.43. The summed E-state index contributed by atoms with van der Waals surface area (Å²) < 4.78 is 6.52. The molecule has 0 atom stereocenters. The van der Waals surface area contributed by atoms with Crippen LogP contribution in [0.2, 0.25) is 0 Å². The van der Waals surface area contributed by atoms with Gasteiger partial charge in [0, 0.05) is 49.0 Å². The molecule has 11 aromatic rings. The summed E-state index contributed by atoms with van der Waals surface area (Å²) in [4.78, 5) is 0. The Labute approximate surface area is 333 Å². The topological polar surface area (TPSA) is 175 Å². The van der Waals surface area contributed by atoms with Gasteiger partial charge in [0.15, 0.2) is 23.0 Å². The van der Waals surface area contributed by atoms with Gasteiger partial charge in [0.05, 0.1) is 0 Å². The lowest BCUT2D eigenvalue weighted by molar-refractivity contribution is 0.350. The molecule has 0 aliphatic heterocycles. The summed E-state index contributed by atoms with van der Waals surface area (Å²) >= 11 is 0. The van der Waals surface area contributed by atoms with E-state index in [-0.39, 0.29) is 32.7 Å². The number of fused-ring (bicyclic) bond motifs is 9. The molecule has 0 saturated carbocycles. The van der Waals surface area contributed by atoms with E-state index >= 15 is 0 Å². The van der Waals surface area contributed by atoms with Gasteiger partial charge in [0.25, 0.3) is 0 Å². The van der Waals surface area contributed by atoms with Crippen LogP contribution in [0.3, 0.4) is 0 Å². The number of rotatable bonds is 3. The first-order chi connectivity index (χ1) is 28.6. The van der Waals surface area contributed by atoms with Crippen LogP contribution in [-0.4, -0.2) is 40.9 Å². The zero-order valence-corrected chi connectivity index (χ0v) is 30.7. The van der Waals surface area contributed by atoms with Crippen LogP contribution >= 0.6 is 0 Å². The van der Waals surface area contributed by atoms with Crippen molar-refractivity contribution in [2.75, 3.05) is 0 Å². The monoisotopic (exact) mass is 774 g/mol. The Morgan fingerprint density at radius 2 is 0.814 bits per heavy atom. The van der Waals surface area contributed by atoms with E-state index in [1.54, 1.807) is 30.3 Å². The molecule has 0 bridgehead atoms. The number of hydrogen-bond acceptors (Lipinski definition) is 9. The van der Waals surface area contributed by atoms with Crippen LogP contribution in [0.1, 0.15) is 0 Å². The molecular formula is C50H30O9. The zero-order chi connectivity index (χ0) is 40.4. The number of aromatic hydroxyl groups is 8. The average molecular weight is 775 g/mol. The van der Waals surface area contributed by atoms with E-state index in [9.17, 15) is 40.9 Å². The maximum Gasteiger partial charge on any atom is 0.204 e. The highest BCUT2D eigenvalue weighted by Gasteiger charge is 2.33. The quantitative estimate of drug-likeness (QED) is 0.0493. The Balaban J connectivity index is 1.24. The minimum Gasteiger partial charge on any atom is -0.504 e. The van der Waals surface area contributed by atoms with Gasteiger partial charge in [-0.1, -0.05) is 115 Å². The fourth-order valence-electron chi connectivity index (χ4n) is 8.99. The van der Waals surface area contributed by atoms with E-state index < -0.39 is 46.0 Å². The highest BCUT2D eigenvalue weighted by molar-refractivity contribution is 6.30. The Hall–Kier alpha value is -8.30. The number of phenolic OH excluding ortho intramolecular Hbond substituents is 8. The van der Waals surface area contributed by atoms with Crippen molar-refractivity contribution in [2.24, 2.45) is 0 Å². The molecule has 10 aromatic carbocycles. The summed E-state index contributed by atoms with van der Waals surface area (Å²) in [5, 5.41) is 97.4. The Morgan fingerprint density at radius 3 is 1.51 bits per heavy atom. The van der Waals surface area contributed by atoms with Gasteiger partial charge >= 0.3 is 0 Å².